The molecular formula is C16H22ClNO4. The van der Waals surface area contributed by atoms with Crippen molar-refractivity contribution in [1.29, 1.82) is 0 Å². The molecule has 1 amide bonds. The van der Waals surface area contributed by atoms with E-state index in [4.69, 9.17) is 16.3 Å². The van der Waals surface area contributed by atoms with Crippen LogP contribution in [0.4, 0.5) is 4.79 Å². The summed E-state index contributed by atoms with van der Waals surface area (Å²) in [5, 5.41) is 3.34. The minimum Gasteiger partial charge on any atom is -0.469 e. The number of nitrogens with one attached hydrogen (secondary N) is 1. The van der Waals surface area contributed by atoms with Gasteiger partial charge in [-0.15, -0.1) is 0 Å². The van der Waals surface area contributed by atoms with Gasteiger partial charge in [0.2, 0.25) is 0 Å². The third kappa shape index (κ3) is 7.31. The summed E-state index contributed by atoms with van der Waals surface area (Å²) < 4.78 is 9.88. The number of methoxy groups -OCH3 is 1. The van der Waals surface area contributed by atoms with E-state index in [1.54, 1.807) is 32.9 Å². The Kier molecular flexibility index (Phi) is 6.68. The van der Waals surface area contributed by atoms with Crippen LogP contribution < -0.4 is 5.32 Å². The molecule has 0 spiro atoms. The molecule has 1 aromatic rings. The first-order valence-electron chi connectivity index (χ1n) is 7.00. The molecule has 1 rings (SSSR count). The number of esters is 1. The third-order valence-corrected chi connectivity index (χ3v) is 3.01. The maximum atomic E-state index is 11.9. The zero-order valence-corrected chi connectivity index (χ0v) is 14.1. The first-order chi connectivity index (χ1) is 10.2. The molecule has 1 unspecified atom stereocenters. The van der Waals surface area contributed by atoms with Gasteiger partial charge in [0.1, 0.15) is 5.60 Å². The van der Waals surface area contributed by atoms with Crippen LogP contribution in [0.15, 0.2) is 24.3 Å². The van der Waals surface area contributed by atoms with Crippen molar-refractivity contribution in [3.05, 3.63) is 34.9 Å². The molecule has 5 nitrogen and oxygen atoms in total. The number of carbonyl (C=O) groups is 2. The molecule has 0 bridgehead atoms. The Morgan fingerprint density at radius 1 is 1.23 bits per heavy atom. The van der Waals surface area contributed by atoms with Crippen LogP contribution in [-0.4, -0.2) is 30.8 Å². The number of halogens is 1. The number of ether oxygens (including phenoxy) is 2. The normalized spacial score (nSPS) is 12.4. The van der Waals surface area contributed by atoms with Gasteiger partial charge < -0.3 is 14.8 Å². The zero-order chi connectivity index (χ0) is 16.8. The molecule has 0 aliphatic rings. The smallest absolute Gasteiger partial charge is 0.407 e. The van der Waals surface area contributed by atoms with Gasteiger partial charge in [0.25, 0.3) is 0 Å². The highest BCUT2D eigenvalue weighted by molar-refractivity contribution is 6.30. The standard InChI is InChI=1S/C16H22ClNO4/c1-16(2,3)22-15(20)18-13(10-14(19)21-4)9-11-5-7-12(17)8-6-11/h5-8,13H,9-10H2,1-4H3,(H,18,20). The number of amides is 1. The van der Waals surface area contributed by atoms with Crippen LogP contribution in [0.5, 0.6) is 0 Å². The summed E-state index contributed by atoms with van der Waals surface area (Å²) >= 11 is 5.85. The number of alkyl carbamates (subject to hydrolysis) is 1. The Labute approximate surface area is 135 Å². The van der Waals surface area contributed by atoms with E-state index < -0.39 is 23.7 Å². The Hall–Kier alpha value is -1.75. The van der Waals surface area contributed by atoms with Gasteiger partial charge in [0, 0.05) is 11.1 Å². The summed E-state index contributed by atoms with van der Waals surface area (Å²) in [4.78, 5) is 23.4. The molecule has 122 valence electrons. The highest BCUT2D eigenvalue weighted by Gasteiger charge is 2.22. The van der Waals surface area contributed by atoms with Crippen LogP contribution in [0, 0.1) is 0 Å². The van der Waals surface area contributed by atoms with Crippen molar-refractivity contribution in [3.63, 3.8) is 0 Å². The van der Waals surface area contributed by atoms with Crippen molar-refractivity contribution in [2.45, 2.75) is 45.3 Å². The third-order valence-electron chi connectivity index (χ3n) is 2.76. The van der Waals surface area contributed by atoms with Crippen LogP contribution in [0.3, 0.4) is 0 Å². The Balaban J connectivity index is 2.73. The van der Waals surface area contributed by atoms with Gasteiger partial charge in [-0.25, -0.2) is 4.79 Å². The average Bonchev–Trinajstić information content (AvgIpc) is 2.38. The van der Waals surface area contributed by atoms with Crippen LogP contribution in [0.2, 0.25) is 5.02 Å². The number of carbonyl (C=O) groups excluding carboxylic acids is 2. The van der Waals surface area contributed by atoms with Gasteiger partial charge in [-0.1, -0.05) is 23.7 Å². The summed E-state index contributed by atoms with van der Waals surface area (Å²) in [6.07, 6.45) is -0.0143. The van der Waals surface area contributed by atoms with Gasteiger partial charge in [-0.2, -0.15) is 0 Å². The van der Waals surface area contributed by atoms with E-state index in [0.717, 1.165) is 5.56 Å². The summed E-state index contributed by atoms with van der Waals surface area (Å²) in [6.45, 7) is 5.34. The second kappa shape index (κ2) is 8.03. The SMILES string of the molecule is COC(=O)CC(Cc1ccc(Cl)cc1)NC(=O)OC(C)(C)C. The fraction of sp³-hybridized carbons (Fsp3) is 0.500. The Morgan fingerprint density at radius 3 is 2.32 bits per heavy atom. The van der Waals surface area contributed by atoms with Crippen LogP contribution in [0.25, 0.3) is 0 Å². The van der Waals surface area contributed by atoms with E-state index in [1.807, 2.05) is 12.1 Å². The van der Waals surface area contributed by atoms with Crippen molar-refractivity contribution in [1.82, 2.24) is 5.32 Å². The molecule has 22 heavy (non-hydrogen) atoms. The fourth-order valence-corrected chi connectivity index (χ4v) is 1.96. The topological polar surface area (TPSA) is 64.6 Å². The molecule has 0 radical (unpaired) electrons. The minimum absolute atomic E-state index is 0.0678. The minimum atomic E-state index is -0.597. The quantitative estimate of drug-likeness (QED) is 0.842. The molecule has 1 N–H and O–H groups in total. The number of hydrogen-bond donors (Lipinski definition) is 1. The van der Waals surface area contributed by atoms with Crippen LogP contribution in [0.1, 0.15) is 32.8 Å². The summed E-state index contributed by atoms with van der Waals surface area (Å²) in [6, 6.07) is 6.81. The van der Waals surface area contributed by atoms with Crippen LogP contribution in [-0.2, 0) is 20.7 Å². The largest absolute Gasteiger partial charge is 0.469 e. The number of hydrogen-bond acceptors (Lipinski definition) is 4. The molecular weight excluding hydrogens is 306 g/mol. The zero-order valence-electron chi connectivity index (χ0n) is 13.3. The van der Waals surface area contributed by atoms with Crippen molar-refractivity contribution >= 4 is 23.7 Å². The molecule has 0 heterocycles. The number of rotatable bonds is 5. The van der Waals surface area contributed by atoms with Gasteiger partial charge >= 0.3 is 12.1 Å². The fourth-order valence-electron chi connectivity index (χ4n) is 1.84. The lowest BCUT2D eigenvalue weighted by Gasteiger charge is -2.23. The average molecular weight is 328 g/mol. The lowest BCUT2D eigenvalue weighted by atomic mass is 10.0. The van der Waals surface area contributed by atoms with E-state index >= 15 is 0 Å². The molecule has 0 aliphatic heterocycles. The van der Waals surface area contributed by atoms with E-state index in [9.17, 15) is 9.59 Å². The lowest BCUT2D eigenvalue weighted by molar-refractivity contribution is -0.141. The maximum absolute atomic E-state index is 11.9. The lowest BCUT2D eigenvalue weighted by Crippen LogP contribution is -2.41. The molecule has 0 saturated carbocycles. The van der Waals surface area contributed by atoms with Gasteiger partial charge in [0.05, 0.1) is 13.5 Å². The summed E-state index contributed by atoms with van der Waals surface area (Å²) in [7, 11) is 1.31. The van der Waals surface area contributed by atoms with E-state index in [1.165, 1.54) is 7.11 Å². The van der Waals surface area contributed by atoms with Crippen molar-refractivity contribution in [2.75, 3.05) is 7.11 Å². The molecule has 0 aliphatic carbocycles. The molecule has 1 atom stereocenters. The first-order valence-corrected chi connectivity index (χ1v) is 7.38. The summed E-state index contributed by atoms with van der Waals surface area (Å²) in [5.41, 5.74) is 0.356. The van der Waals surface area contributed by atoms with Crippen molar-refractivity contribution < 1.29 is 19.1 Å². The first kappa shape index (κ1) is 18.3. The predicted octanol–water partition coefficient (Wildman–Crippen LogP) is 3.34. The number of benzene rings is 1. The van der Waals surface area contributed by atoms with E-state index in [0.29, 0.717) is 11.4 Å². The van der Waals surface area contributed by atoms with Crippen molar-refractivity contribution in [3.8, 4) is 0 Å². The highest BCUT2D eigenvalue weighted by Crippen LogP contribution is 2.13. The molecule has 0 aromatic heterocycles. The second-order valence-electron chi connectivity index (χ2n) is 5.95. The Bertz CT molecular complexity index is 508. The molecule has 0 fully saturated rings. The van der Waals surface area contributed by atoms with Gasteiger partial charge in [-0.3, -0.25) is 4.79 Å². The highest BCUT2D eigenvalue weighted by atomic mass is 35.5. The molecule has 0 saturated heterocycles. The van der Waals surface area contributed by atoms with Gasteiger partial charge in [0.15, 0.2) is 0 Å². The predicted molar refractivity (Wildman–Crippen MR) is 84.9 cm³/mol. The van der Waals surface area contributed by atoms with Crippen LogP contribution >= 0.6 is 11.6 Å². The molecule has 6 heteroatoms. The monoisotopic (exact) mass is 327 g/mol. The maximum Gasteiger partial charge on any atom is 0.407 e. The van der Waals surface area contributed by atoms with Crippen molar-refractivity contribution in [2.24, 2.45) is 0 Å². The van der Waals surface area contributed by atoms with E-state index in [-0.39, 0.29) is 6.42 Å². The molecule has 1 aromatic carbocycles. The summed E-state index contributed by atoms with van der Waals surface area (Å²) in [5.74, 6) is -0.393. The van der Waals surface area contributed by atoms with Gasteiger partial charge in [-0.05, 0) is 44.9 Å². The Morgan fingerprint density at radius 2 is 1.82 bits per heavy atom. The van der Waals surface area contributed by atoms with E-state index in [2.05, 4.69) is 10.1 Å². The second-order valence-corrected chi connectivity index (χ2v) is 6.39.